The van der Waals surface area contributed by atoms with Crippen molar-refractivity contribution in [1.82, 2.24) is 0 Å². The van der Waals surface area contributed by atoms with Gasteiger partial charge in [-0.3, -0.25) is 0 Å². The van der Waals surface area contributed by atoms with E-state index < -0.39 is 5.97 Å². The average Bonchev–Trinajstić information content (AvgIpc) is 2.64. The van der Waals surface area contributed by atoms with Crippen LogP contribution in [0.3, 0.4) is 0 Å². The summed E-state index contributed by atoms with van der Waals surface area (Å²) in [7, 11) is 0. The number of hydrogen-bond donors (Lipinski definition) is 1. The van der Waals surface area contributed by atoms with Crippen molar-refractivity contribution in [2.24, 2.45) is 0 Å². The smallest absolute Gasteiger partial charge is 0.103 e. The van der Waals surface area contributed by atoms with Crippen LogP contribution >= 0.6 is 0 Å². The maximum absolute atomic E-state index is 8.89. The third-order valence-corrected chi connectivity index (χ3v) is 3.89. The number of carboxylic acid groups (broad SMARTS) is 1. The third kappa shape index (κ3) is 7.77. The lowest BCUT2D eigenvalue weighted by Crippen LogP contribution is -3.08. The van der Waals surface area contributed by atoms with E-state index in [1.54, 1.807) is 4.90 Å². The summed E-state index contributed by atoms with van der Waals surface area (Å²) in [5, 5.41) is 8.89. The van der Waals surface area contributed by atoms with Gasteiger partial charge in [-0.25, -0.2) is 0 Å². The highest BCUT2D eigenvalue weighted by atomic mass is 16.4. The fraction of sp³-hybridized carbons (Fsp3) is 0.174. The van der Waals surface area contributed by atoms with Crippen LogP contribution in [-0.4, -0.2) is 5.97 Å². The van der Waals surface area contributed by atoms with Crippen LogP contribution in [0.25, 0.3) is 0 Å². The Morgan fingerprint density at radius 3 is 1.12 bits per heavy atom. The third-order valence-electron chi connectivity index (χ3n) is 3.89. The second-order valence-electron chi connectivity index (χ2n) is 6.23. The zero-order valence-corrected chi connectivity index (χ0v) is 15.1. The molecule has 0 heterocycles. The van der Waals surface area contributed by atoms with Gasteiger partial charge in [0.15, 0.2) is 0 Å². The van der Waals surface area contributed by atoms with Crippen molar-refractivity contribution in [3.8, 4) is 0 Å². The number of hydrogen-bond acceptors (Lipinski definition) is 2. The van der Waals surface area contributed by atoms with Gasteiger partial charge in [-0.15, -0.1) is 0 Å². The molecule has 0 aliphatic heterocycles. The first kappa shape index (κ1) is 19.4. The van der Waals surface area contributed by atoms with E-state index in [1.165, 1.54) is 16.7 Å². The number of carbonyl (C=O) groups excluding carboxylic acids is 1. The summed E-state index contributed by atoms with van der Waals surface area (Å²) in [5.74, 6) is -1.08. The van der Waals surface area contributed by atoms with Crippen molar-refractivity contribution in [3.63, 3.8) is 0 Å². The molecular weight excluding hydrogens is 322 g/mol. The van der Waals surface area contributed by atoms with Crippen molar-refractivity contribution in [2.45, 2.75) is 26.6 Å². The SMILES string of the molecule is CC(=O)[O-].c1ccc(C[NH+](Cc2ccccc2)Cc2ccccc2)cc1. The Hall–Kier alpha value is -2.91. The second-order valence-corrected chi connectivity index (χ2v) is 6.23. The average molecular weight is 347 g/mol. The minimum Gasteiger partial charge on any atom is -0.550 e. The highest BCUT2D eigenvalue weighted by Gasteiger charge is 2.11. The Labute approximate surface area is 155 Å². The normalized spacial score (nSPS) is 10.1. The molecule has 26 heavy (non-hydrogen) atoms. The number of aliphatic carboxylic acids is 1. The van der Waals surface area contributed by atoms with Gasteiger partial charge in [0.2, 0.25) is 0 Å². The molecule has 134 valence electrons. The quantitative estimate of drug-likeness (QED) is 0.743. The van der Waals surface area contributed by atoms with Crippen molar-refractivity contribution in [2.75, 3.05) is 0 Å². The summed E-state index contributed by atoms with van der Waals surface area (Å²) < 4.78 is 0. The van der Waals surface area contributed by atoms with Crippen LogP contribution in [0, 0.1) is 0 Å². The maximum Gasteiger partial charge on any atom is 0.103 e. The number of carbonyl (C=O) groups is 1. The van der Waals surface area contributed by atoms with Crippen LogP contribution in [0.5, 0.6) is 0 Å². The van der Waals surface area contributed by atoms with Gasteiger partial charge in [0.25, 0.3) is 0 Å². The Balaban J connectivity index is 0.000000552. The highest BCUT2D eigenvalue weighted by Crippen LogP contribution is 2.01. The van der Waals surface area contributed by atoms with E-state index in [0.29, 0.717) is 0 Å². The van der Waals surface area contributed by atoms with Crippen molar-refractivity contribution in [3.05, 3.63) is 108 Å². The lowest BCUT2D eigenvalue weighted by molar-refractivity contribution is -0.941. The Morgan fingerprint density at radius 2 is 0.885 bits per heavy atom. The molecule has 0 aromatic heterocycles. The van der Waals surface area contributed by atoms with Crippen molar-refractivity contribution < 1.29 is 14.8 Å². The van der Waals surface area contributed by atoms with Gasteiger partial charge in [0, 0.05) is 22.7 Å². The van der Waals surface area contributed by atoms with E-state index in [-0.39, 0.29) is 0 Å². The lowest BCUT2D eigenvalue weighted by Gasteiger charge is -2.20. The molecule has 0 saturated heterocycles. The van der Waals surface area contributed by atoms with Gasteiger partial charge < -0.3 is 14.8 Å². The van der Waals surface area contributed by atoms with Crippen molar-refractivity contribution in [1.29, 1.82) is 0 Å². The summed E-state index contributed by atoms with van der Waals surface area (Å²) in [6, 6.07) is 32.3. The first-order valence-electron chi connectivity index (χ1n) is 8.76. The van der Waals surface area contributed by atoms with E-state index in [4.69, 9.17) is 9.90 Å². The lowest BCUT2D eigenvalue weighted by atomic mass is 10.1. The van der Waals surface area contributed by atoms with Crippen LogP contribution in [0.1, 0.15) is 23.6 Å². The first-order chi connectivity index (χ1) is 12.6. The molecule has 0 atom stereocenters. The van der Waals surface area contributed by atoms with Crippen LogP contribution in [0.4, 0.5) is 0 Å². The predicted molar refractivity (Wildman–Crippen MR) is 102 cm³/mol. The minimum atomic E-state index is -1.08. The highest BCUT2D eigenvalue weighted by molar-refractivity contribution is 5.60. The van der Waals surface area contributed by atoms with Crippen LogP contribution in [-0.2, 0) is 24.4 Å². The molecule has 3 rings (SSSR count). The fourth-order valence-electron chi connectivity index (χ4n) is 2.84. The van der Waals surface area contributed by atoms with Crippen molar-refractivity contribution >= 4 is 5.97 Å². The molecule has 0 fully saturated rings. The molecule has 0 radical (unpaired) electrons. The topological polar surface area (TPSA) is 44.6 Å². The predicted octanol–water partition coefficient (Wildman–Crippen LogP) is 2.23. The molecule has 1 N–H and O–H groups in total. The van der Waals surface area contributed by atoms with Gasteiger partial charge in [-0.05, 0) is 6.92 Å². The number of quaternary nitrogens is 1. The molecular formula is C23H25NO2. The van der Waals surface area contributed by atoms with E-state index in [0.717, 1.165) is 26.6 Å². The van der Waals surface area contributed by atoms with Gasteiger partial charge >= 0.3 is 0 Å². The Bertz CT molecular complexity index is 655. The molecule has 3 heteroatoms. The number of carboxylic acids is 1. The number of nitrogens with one attached hydrogen (secondary N) is 1. The second kappa shape index (κ2) is 10.9. The first-order valence-corrected chi connectivity index (χ1v) is 8.76. The van der Waals surface area contributed by atoms with Crippen LogP contribution in [0.2, 0.25) is 0 Å². The molecule has 3 aromatic rings. The fourth-order valence-corrected chi connectivity index (χ4v) is 2.84. The van der Waals surface area contributed by atoms with E-state index in [2.05, 4.69) is 91.0 Å². The van der Waals surface area contributed by atoms with Crippen LogP contribution < -0.4 is 10.0 Å². The molecule has 0 aliphatic rings. The van der Waals surface area contributed by atoms with Crippen LogP contribution in [0.15, 0.2) is 91.0 Å². The molecule has 3 aromatic carbocycles. The van der Waals surface area contributed by atoms with Gasteiger partial charge in [0.1, 0.15) is 19.6 Å². The summed E-state index contributed by atoms with van der Waals surface area (Å²) in [6.45, 7) is 4.11. The molecule has 0 saturated carbocycles. The summed E-state index contributed by atoms with van der Waals surface area (Å²) in [4.78, 5) is 10.4. The molecule has 0 aliphatic carbocycles. The molecule has 0 spiro atoms. The monoisotopic (exact) mass is 347 g/mol. The molecule has 0 bridgehead atoms. The number of benzene rings is 3. The van der Waals surface area contributed by atoms with E-state index in [9.17, 15) is 0 Å². The Kier molecular flexibility index (Phi) is 8.10. The molecule has 3 nitrogen and oxygen atoms in total. The summed E-state index contributed by atoms with van der Waals surface area (Å²) in [5.41, 5.74) is 4.18. The Morgan fingerprint density at radius 1 is 0.654 bits per heavy atom. The standard InChI is InChI=1S/C21H21N.C2H4O2/c1-4-10-19(11-5-1)16-22(17-20-12-6-2-7-13-20)18-21-14-8-3-9-15-21;1-2(3)4/h1-15H,16-18H2;1H3,(H,3,4). The van der Waals surface area contributed by atoms with Gasteiger partial charge in [0.05, 0.1) is 0 Å². The summed E-state index contributed by atoms with van der Waals surface area (Å²) in [6.07, 6.45) is 0. The maximum atomic E-state index is 8.89. The zero-order valence-electron chi connectivity index (χ0n) is 15.1. The minimum absolute atomic E-state index is 0.972. The van der Waals surface area contributed by atoms with Gasteiger partial charge in [-0.1, -0.05) is 91.0 Å². The van der Waals surface area contributed by atoms with E-state index >= 15 is 0 Å². The zero-order chi connectivity index (χ0) is 18.6. The summed E-state index contributed by atoms with van der Waals surface area (Å²) >= 11 is 0. The number of rotatable bonds is 6. The largest absolute Gasteiger partial charge is 0.550 e. The molecule has 0 amide bonds. The van der Waals surface area contributed by atoms with E-state index in [1.807, 2.05) is 0 Å². The van der Waals surface area contributed by atoms with Gasteiger partial charge in [-0.2, -0.15) is 0 Å². The molecule has 0 unspecified atom stereocenters.